The number of hydrogen-bond acceptors (Lipinski definition) is 2. The predicted molar refractivity (Wildman–Crippen MR) is 82.6 cm³/mol. The molecule has 0 unspecified atom stereocenters. The van der Waals surface area contributed by atoms with E-state index in [4.69, 9.17) is 5.73 Å². The molecule has 2 rings (SSSR count). The first kappa shape index (κ1) is 15.0. The molecule has 1 aliphatic carbocycles. The van der Waals surface area contributed by atoms with Gasteiger partial charge in [0.25, 0.3) is 0 Å². The molecule has 1 aromatic carbocycles. The number of amides is 1. The third kappa shape index (κ3) is 3.40. The average Bonchev–Trinajstić information content (AvgIpc) is 3.06. The van der Waals surface area contributed by atoms with Gasteiger partial charge in [-0.05, 0) is 58.1 Å². The van der Waals surface area contributed by atoms with Crippen LogP contribution in [0.2, 0.25) is 0 Å². The van der Waals surface area contributed by atoms with E-state index < -0.39 is 5.41 Å². The zero-order chi connectivity index (χ0) is 15.0. The Morgan fingerprint density at radius 3 is 2.60 bits per heavy atom. The fourth-order valence-electron chi connectivity index (χ4n) is 2.39. The van der Waals surface area contributed by atoms with Crippen LogP contribution in [-0.2, 0) is 16.6 Å². The molecule has 1 amide bonds. The van der Waals surface area contributed by atoms with Gasteiger partial charge in [0.15, 0.2) is 0 Å². The van der Waals surface area contributed by atoms with Crippen LogP contribution < -0.4 is 11.1 Å². The SMILES string of the molecule is CC(C)NC(=O)C(C)(C)c1cccc(CC2(N)CC2)c1. The average molecular weight is 274 g/mol. The van der Waals surface area contributed by atoms with Crippen molar-refractivity contribution in [3.8, 4) is 0 Å². The molecule has 110 valence electrons. The van der Waals surface area contributed by atoms with Crippen molar-refractivity contribution in [3.05, 3.63) is 35.4 Å². The van der Waals surface area contributed by atoms with Crippen molar-refractivity contribution >= 4 is 5.91 Å². The van der Waals surface area contributed by atoms with Gasteiger partial charge in [0.2, 0.25) is 5.91 Å². The lowest BCUT2D eigenvalue weighted by molar-refractivity contribution is -0.126. The summed E-state index contributed by atoms with van der Waals surface area (Å²) in [6.07, 6.45) is 3.12. The van der Waals surface area contributed by atoms with E-state index in [-0.39, 0.29) is 17.5 Å². The second kappa shape index (κ2) is 5.21. The summed E-state index contributed by atoms with van der Waals surface area (Å²) < 4.78 is 0. The maximum absolute atomic E-state index is 12.3. The highest BCUT2D eigenvalue weighted by molar-refractivity contribution is 5.87. The van der Waals surface area contributed by atoms with Gasteiger partial charge in [-0.2, -0.15) is 0 Å². The number of carbonyl (C=O) groups excluding carboxylic acids is 1. The zero-order valence-electron chi connectivity index (χ0n) is 13.0. The number of benzene rings is 1. The van der Waals surface area contributed by atoms with Gasteiger partial charge in [-0.1, -0.05) is 24.3 Å². The maximum atomic E-state index is 12.3. The Hall–Kier alpha value is -1.35. The van der Waals surface area contributed by atoms with Crippen LogP contribution in [0.25, 0.3) is 0 Å². The van der Waals surface area contributed by atoms with Crippen LogP contribution in [0.5, 0.6) is 0 Å². The first-order valence-electron chi connectivity index (χ1n) is 7.42. The summed E-state index contributed by atoms with van der Waals surface area (Å²) in [6, 6.07) is 8.45. The molecule has 3 heteroatoms. The lowest BCUT2D eigenvalue weighted by Crippen LogP contribution is -2.43. The molecule has 0 atom stereocenters. The Kier molecular flexibility index (Phi) is 3.92. The first-order chi connectivity index (χ1) is 9.23. The predicted octanol–water partition coefficient (Wildman–Crippen LogP) is 2.52. The molecule has 1 saturated carbocycles. The first-order valence-corrected chi connectivity index (χ1v) is 7.42. The minimum atomic E-state index is -0.522. The minimum Gasteiger partial charge on any atom is -0.353 e. The van der Waals surface area contributed by atoms with Crippen molar-refractivity contribution in [2.75, 3.05) is 0 Å². The number of nitrogens with one attached hydrogen (secondary N) is 1. The van der Waals surface area contributed by atoms with Gasteiger partial charge >= 0.3 is 0 Å². The molecule has 0 aliphatic heterocycles. The number of rotatable bonds is 5. The van der Waals surface area contributed by atoms with Crippen LogP contribution in [0.1, 0.15) is 51.7 Å². The smallest absolute Gasteiger partial charge is 0.230 e. The minimum absolute atomic E-state index is 0.00293. The van der Waals surface area contributed by atoms with E-state index >= 15 is 0 Å². The Labute approximate surface area is 121 Å². The molecule has 0 bridgehead atoms. The van der Waals surface area contributed by atoms with Crippen molar-refractivity contribution in [2.24, 2.45) is 5.73 Å². The third-order valence-corrected chi connectivity index (χ3v) is 4.08. The summed E-state index contributed by atoms with van der Waals surface area (Å²) >= 11 is 0. The van der Waals surface area contributed by atoms with Gasteiger partial charge in [0.1, 0.15) is 0 Å². The molecule has 3 N–H and O–H groups in total. The zero-order valence-corrected chi connectivity index (χ0v) is 13.0. The Morgan fingerprint density at radius 1 is 1.40 bits per heavy atom. The molecule has 3 nitrogen and oxygen atoms in total. The maximum Gasteiger partial charge on any atom is 0.230 e. The topological polar surface area (TPSA) is 55.1 Å². The highest BCUT2D eigenvalue weighted by atomic mass is 16.2. The number of carbonyl (C=O) groups is 1. The van der Waals surface area contributed by atoms with E-state index in [0.29, 0.717) is 0 Å². The van der Waals surface area contributed by atoms with Gasteiger partial charge in [0, 0.05) is 11.6 Å². The summed E-state index contributed by atoms with van der Waals surface area (Å²) in [6.45, 7) is 7.91. The van der Waals surface area contributed by atoms with Crippen LogP contribution >= 0.6 is 0 Å². The van der Waals surface area contributed by atoms with Crippen LogP contribution in [0.15, 0.2) is 24.3 Å². The van der Waals surface area contributed by atoms with Crippen LogP contribution in [0, 0.1) is 0 Å². The van der Waals surface area contributed by atoms with Gasteiger partial charge in [-0.3, -0.25) is 4.79 Å². The molecule has 0 aromatic heterocycles. The highest BCUT2D eigenvalue weighted by Gasteiger charge is 2.38. The van der Waals surface area contributed by atoms with E-state index in [2.05, 4.69) is 17.4 Å². The molecule has 0 saturated heterocycles. The van der Waals surface area contributed by atoms with E-state index in [0.717, 1.165) is 24.8 Å². The molecular formula is C17H26N2O. The molecular weight excluding hydrogens is 248 g/mol. The van der Waals surface area contributed by atoms with Gasteiger partial charge in [0.05, 0.1) is 5.41 Å². The van der Waals surface area contributed by atoms with Crippen molar-refractivity contribution in [1.82, 2.24) is 5.32 Å². The summed E-state index contributed by atoms with van der Waals surface area (Å²) in [5, 5.41) is 3.00. The molecule has 0 spiro atoms. The Bertz CT molecular complexity index is 501. The molecule has 1 fully saturated rings. The van der Waals surface area contributed by atoms with Crippen LogP contribution in [0.4, 0.5) is 0 Å². The van der Waals surface area contributed by atoms with E-state index in [1.165, 1.54) is 5.56 Å². The lowest BCUT2D eigenvalue weighted by Gasteiger charge is -2.26. The number of nitrogens with two attached hydrogens (primary N) is 1. The fourth-order valence-corrected chi connectivity index (χ4v) is 2.39. The van der Waals surface area contributed by atoms with Crippen LogP contribution in [0.3, 0.4) is 0 Å². The standard InChI is InChI=1S/C17H26N2O/c1-12(2)19-15(20)16(3,4)14-7-5-6-13(10-14)11-17(18)8-9-17/h5-7,10,12H,8-9,11,18H2,1-4H3,(H,19,20). The Morgan fingerprint density at radius 2 is 2.05 bits per heavy atom. The fraction of sp³-hybridized carbons (Fsp3) is 0.588. The Balaban J connectivity index is 2.18. The molecule has 0 heterocycles. The van der Waals surface area contributed by atoms with Crippen LogP contribution in [-0.4, -0.2) is 17.5 Å². The van der Waals surface area contributed by atoms with Crippen molar-refractivity contribution in [2.45, 2.75) is 64.0 Å². The molecule has 20 heavy (non-hydrogen) atoms. The summed E-state index contributed by atoms with van der Waals surface area (Å²) in [5.74, 6) is 0.0681. The quantitative estimate of drug-likeness (QED) is 0.867. The van der Waals surface area contributed by atoms with Gasteiger partial charge in [-0.25, -0.2) is 0 Å². The third-order valence-electron chi connectivity index (χ3n) is 4.08. The largest absolute Gasteiger partial charge is 0.353 e. The van der Waals surface area contributed by atoms with Gasteiger partial charge in [-0.15, -0.1) is 0 Å². The van der Waals surface area contributed by atoms with E-state index in [1.54, 1.807) is 0 Å². The monoisotopic (exact) mass is 274 g/mol. The number of hydrogen-bond donors (Lipinski definition) is 2. The second-order valence-electron chi connectivity index (χ2n) is 6.99. The summed E-state index contributed by atoms with van der Waals surface area (Å²) in [4.78, 5) is 12.3. The van der Waals surface area contributed by atoms with Crippen molar-refractivity contribution < 1.29 is 4.79 Å². The summed E-state index contributed by atoms with van der Waals surface area (Å²) in [5.41, 5.74) is 7.95. The molecule has 0 radical (unpaired) electrons. The van der Waals surface area contributed by atoms with E-state index in [9.17, 15) is 4.79 Å². The molecule has 1 aliphatic rings. The molecule has 1 aromatic rings. The lowest BCUT2D eigenvalue weighted by atomic mass is 9.82. The normalized spacial score (nSPS) is 17.1. The van der Waals surface area contributed by atoms with Crippen molar-refractivity contribution in [1.29, 1.82) is 0 Å². The van der Waals surface area contributed by atoms with Crippen molar-refractivity contribution in [3.63, 3.8) is 0 Å². The van der Waals surface area contributed by atoms with E-state index in [1.807, 2.05) is 39.8 Å². The summed E-state index contributed by atoms with van der Waals surface area (Å²) in [7, 11) is 0. The highest BCUT2D eigenvalue weighted by Crippen LogP contribution is 2.36. The second-order valence-corrected chi connectivity index (χ2v) is 6.99. The van der Waals surface area contributed by atoms with Gasteiger partial charge < -0.3 is 11.1 Å².